The van der Waals surface area contributed by atoms with E-state index in [1.807, 2.05) is 83.8 Å². The van der Waals surface area contributed by atoms with E-state index in [1.165, 1.54) is 11.3 Å². The Hall–Kier alpha value is -3.84. The topological polar surface area (TPSA) is 75.2 Å². The number of carbonyl (C=O) groups is 2. The van der Waals surface area contributed by atoms with Crippen molar-refractivity contribution in [3.63, 3.8) is 0 Å². The molecule has 0 saturated carbocycles. The zero-order valence-corrected chi connectivity index (χ0v) is 20.9. The summed E-state index contributed by atoms with van der Waals surface area (Å²) in [5, 5.41) is 12.7. The second-order valence-electron chi connectivity index (χ2n) is 8.96. The molecule has 1 aliphatic heterocycles. The van der Waals surface area contributed by atoms with Gasteiger partial charge in [-0.25, -0.2) is 0 Å². The van der Waals surface area contributed by atoms with Crippen molar-refractivity contribution in [2.24, 2.45) is 0 Å². The fraction of sp³-hybridized carbons (Fsp3) is 0.241. The number of rotatable bonds is 8. The first-order valence-corrected chi connectivity index (χ1v) is 13.1. The molecule has 0 spiro atoms. The van der Waals surface area contributed by atoms with Crippen LogP contribution in [0.15, 0.2) is 84.9 Å². The largest absolute Gasteiger partial charge is 0.311 e. The number of anilines is 2. The van der Waals surface area contributed by atoms with E-state index in [0.717, 1.165) is 33.8 Å². The molecule has 3 aromatic carbocycles. The second-order valence-corrected chi connectivity index (χ2v) is 9.97. The fourth-order valence-corrected chi connectivity index (χ4v) is 5.63. The van der Waals surface area contributed by atoms with E-state index in [9.17, 15) is 9.59 Å². The number of amides is 2. The Balaban J connectivity index is 1.27. The molecule has 1 aromatic heterocycles. The first kappa shape index (κ1) is 23.9. The van der Waals surface area contributed by atoms with Gasteiger partial charge in [0.05, 0.1) is 0 Å². The molecule has 0 radical (unpaired) electrons. The zero-order chi connectivity index (χ0) is 24.9. The predicted molar refractivity (Wildman–Crippen MR) is 143 cm³/mol. The number of carbonyl (C=O) groups excluding carboxylic acids is 2. The maximum Gasteiger partial charge on any atom is 0.227 e. The van der Waals surface area contributed by atoms with E-state index in [2.05, 4.69) is 28.5 Å². The summed E-state index contributed by atoms with van der Waals surface area (Å²) in [5.74, 6) is -0.113. The first-order valence-electron chi connectivity index (χ1n) is 12.2. The summed E-state index contributed by atoms with van der Waals surface area (Å²) in [7, 11) is 0. The number of hydrogen-bond donors (Lipinski definition) is 1. The Bertz CT molecular complexity index is 1300. The lowest BCUT2D eigenvalue weighted by molar-refractivity contribution is -0.117. The highest BCUT2D eigenvalue weighted by molar-refractivity contribution is 7.15. The monoisotopic (exact) mass is 496 g/mol. The molecular weight excluding hydrogens is 468 g/mol. The van der Waals surface area contributed by atoms with Crippen LogP contribution in [0.2, 0.25) is 0 Å². The highest BCUT2D eigenvalue weighted by Crippen LogP contribution is 2.36. The van der Waals surface area contributed by atoms with Gasteiger partial charge in [0, 0.05) is 36.9 Å². The summed E-state index contributed by atoms with van der Waals surface area (Å²) in [6.07, 6.45) is 1.56. The summed E-state index contributed by atoms with van der Waals surface area (Å²) in [5.41, 5.74) is 4.31. The van der Waals surface area contributed by atoms with E-state index in [1.54, 1.807) is 0 Å². The van der Waals surface area contributed by atoms with Crippen LogP contribution in [0.1, 0.15) is 53.3 Å². The lowest BCUT2D eigenvalue weighted by Crippen LogP contribution is -2.25. The van der Waals surface area contributed by atoms with E-state index < -0.39 is 0 Å². The minimum atomic E-state index is -0.114. The van der Waals surface area contributed by atoms with Crippen molar-refractivity contribution in [1.82, 2.24) is 10.2 Å². The van der Waals surface area contributed by atoms with Gasteiger partial charge in [0.15, 0.2) is 0 Å². The smallest absolute Gasteiger partial charge is 0.227 e. The Morgan fingerprint density at radius 2 is 1.61 bits per heavy atom. The van der Waals surface area contributed by atoms with Gasteiger partial charge in [0.1, 0.15) is 5.01 Å². The number of hydrogen-bond acceptors (Lipinski definition) is 5. The third-order valence-corrected chi connectivity index (χ3v) is 7.62. The van der Waals surface area contributed by atoms with Crippen LogP contribution in [-0.4, -0.2) is 28.6 Å². The van der Waals surface area contributed by atoms with Crippen LogP contribution in [-0.2, 0) is 16.0 Å². The SMILES string of the molecule is CCc1ccccc1N1CC(c2nnc(NC(=O)CC(c3ccccc3)c3ccccc3)s2)CC1=O. The predicted octanol–water partition coefficient (Wildman–Crippen LogP) is 5.78. The van der Waals surface area contributed by atoms with Crippen LogP contribution in [0.3, 0.4) is 0 Å². The molecule has 6 nitrogen and oxygen atoms in total. The van der Waals surface area contributed by atoms with Gasteiger partial charge in [-0.3, -0.25) is 9.59 Å². The average molecular weight is 497 g/mol. The molecule has 1 saturated heterocycles. The molecule has 1 atom stereocenters. The average Bonchev–Trinajstić information content (AvgIpc) is 3.54. The maximum atomic E-state index is 13.0. The van der Waals surface area contributed by atoms with Gasteiger partial charge in [-0.05, 0) is 29.2 Å². The summed E-state index contributed by atoms with van der Waals surface area (Å²) in [6, 6.07) is 28.1. The quantitative estimate of drug-likeness (QED) is 0.335. The van der Waals surface area contributed by atoms with Gasteiger partial charge in [-0.15, -0.1) is 10.2 Å². The van der Waals surface area contributed by atoms with Crippen molar-refractivity contribution < 1.29 is 9.59 Å². The van der Waals surface area contributed by atoms with E-state index in [-0.39, 0.29) is 23.7 Å². The Labute approximate surface area is 215 Å². The fourth-order valence-electron chi connectivity index (χ4n) is 4.78. The minimum Gasteiger partial charge on any atom is -0.311 e. The second kappa shape index (κ2) is 10.8. The number of aromatic nitrogens is 2. The molecule has 0 bridgehead atoms. The van der Waals surface area contributed by atoms with Gasteiger partial charge >= 0.3 is 0 Å². The number of benzene rings is 3. The highest BCUT2D eigenvalue weighted by Gasteiger charge is 2.34. The van der Waals surface area contributed by atoms with Gasteiger partial charge < -0.3 is 10.2 Å². The first-order chi connectivity index (χ1) is 17.6. The molecule has 1 fully saturated rings. The Morgan fingerprint density at radius 1 is 0.972 bits per heavy atom. The molecule has 1 N–H and O–H groups in total. The third kappa shape index (κ3) is 5.21. The lowest BCUT2D eigenvalue weighted by Gasteiger charge is -2.19. The number of nitrogens with zero attached hydrogens (tertiary/aromatic N) is 3. The van der Waals surface area contributed by atoms with Gasteiger partial charge in [0.2, 0.25) is 16.9 Å². The molecule has 2 heterocycles. The van der Waals surface area contributed by atoms with Crippen molar-refractivity contribution in [2.45, 2.75) is 38.0 Å². The maximum absolute atomic E-state index is 13.0. The van der Waals surface area contributed by atoms with Crippen molar-refractivity contribution in [1.29, 1.82) is 0 Å². The molecule has 36 heavy (non-hydrogen) atoms. The Morgan fingerprint density at radius 3 is 2.28 bits per heavy atom. The summed E-state index contributed by atoms with van der Waals surface area (Å²) >= 11 is 1.35. The van der Waals surface area contributed by atoms with E-state index in [4.69, 9.17) is 0 Å². The molecule has 2 amide bonds. The number of nitrogens with one attached hydrogen (secondary N) is 1. The van der Waals surface area contributed by atoms with E-state index in [0.29, 0.717) is 24.5 Å². The van der Waals surface area contributed by atoms with Crippen molar-refractivity contribution in [3.8, 4) is 0 Å². The van der Waals surface area contributed by atoms with Gasteiger partial charge in [-0.2, -0.15) is 0 Å². The van der Waals surface area contributed by atoms with Gasteiger partial charge in [0.25, 0.3) is 0 Å². The van der Waals surface area contributed by atoms with Crippen LogP contribution in [0.4, 0.5) is 10.8 Å². The van der Waals surface area contributed by atoms with Crippen LogP contribution in [0.5, 0.6) is 0 Å². The Kier molecular flexibility index (Phi) is 7.18. The number of aryl methyl sites for hydroxylation is 1. The highest BCUT2D eigenvalue weighted by atomic mass is 32.1. The van der Waals surface area contributed by atoms with Crippen LogP contribution < -0.4 is 10.2 Å². The molecule has 1 unspecified atom stereocenters. The molecule has 7 heteroatoms. The molecule has 0 aliphatic carbocycles. The lowest BCUT2D eigenvalue weighted by atomic mass is 9.88. The third-order valence-electron chi connectivity index (χ3n) is 6.62. The van der Waals surface area contributed by atoms with Crippen LogP contribution in [0.25, 0.3) is 0 Å². The summed E-state index contributed by atoms with van der Waals surface area (Å²) in [6.45, 7) is 2.67. The zero-order valence-electron chi connectivity index (χ0n) is 20.1. The van der Waals surface area contributed by atoms with E-state index >= 15 is 0 Å². The molecular formula is C29H28N4O2S. The normalized spacial score (nSPS) is 15.4. The van der Waals surface area contributed by atoms with Crippen molar-refractivity contribution >= 4 is 34.0 Å². The summed E-state index contributed by atoms with van der Waals surface area (Å²) in [4.78, 5) is 27.7. The van der Waals surface area contributed by atoms with Crippen LogP contribution in [0, 0.1) is 0 Å². The number of para-hydroxylation sites is 1. The van der Waals surface area contributed by atoms with Crippen molar-refractivity contribution in [3.05, 3.63) is 107 Å². The molecule has 5 rings (SSSR count). The standard InChI is InChI=1S/C29H28N4O2S/c1-2-20-11-9-10-16-25(20)33-19-23(17-27(33)35)28-31-32-29(36-28)30-26(34)18-24(21-12-5-3-6-13-21)22-14-7-4-8-15-22/h3-16,23-24H,2,17-19H2,1H3,(H,30,32,34). The minimum absolute atomic E-state index is 0.0352. The summed E-state index contributed by atoms with van der Waals surface area (Å²) < 4.78 is 0. The van der Waals surface area contributed by atoms with Crippen LogP contribution >= 0.6 is 11.3 Å². The van der Waals surface area contributed by atoms with Gasteiger partial charge in [-0.1, -0.05) is 97.1 Å². The van der Waals surface area contributed by atoms with Crippen molar-refractivity contribution in [2.75, 3.05) is 16.8 Å². The molecule has 1 aliphatic rings. The molecule has 182 valence electrons. The molecule has 4 aromatic rings.